The normalized spacial score (nSPS) is 13.5. The maximum atomic E-state index is 12.8. The fourth-order valence-corrected chi connectivity index (χ4v) is 3.32. The van der Waals surface area contributed by atoms with Crippen molar-refractivity contribution in [2.75, 3.05) is 5.75 Å². The molecule has 1 N–H and O–H groups in total. The molecule has 22 heavy (non-hydrogen) atoms. The first kappa shape index (κ1) is 19.3. The first-order valence-electron chi connectivity index (χ1n) is 5.39. The molecule has 0 aliphatic heterocycles. The third-order valence-corrected chi connectivity index (χ3v) is 4.08. The maximum absolute atomic E-state index is 12.8. The zero-order chi connectivity index (χ0) is 17.1. The Bertz CT molecular complexity index is 637. The quantitative estimate of drug-likeness (QED) is 0.504. The van der Waals surface area contributed by atoms with Crippen molar-refractivity contribution >= 4 is 42.0 Å². The fraction of sp³-hybridized carbons (Fsp3) is 0.273. The van der Waals surface area contributed by atoms with E-state index in [0.717, 1.165) is 18.4 Å². The van der Waals surface area contributed by atoms with E-state index in [9.17, 15) is 21.6 Å². The van der Waals surface area contributed by atoms with Crippen LogP contribution in [0.2, 0.25) is 0 Å². The van der Waals surface area contributed by atoms with Gasteiger partial charge in [0.1, 0.15) is 11.5 Å². The standard InChI is InChI=1S/C11H9Br2F3O5S/c1-2-20-10-7(12)3-6(4-8(10)13)21-9(11(14,15)16)5-22(17,18)19/h2-4,9H,1,5H2,(H,17,18,19). The highest BCUT2D eigenvalue weighted by Gasteiger charge is 2.44. The summed E-state index contributed by atoms with van der Waals surface area (Å²) < 4.78 is 78.5. The van der Waals surface area contributed by atoms with Crippen LogP contribution < -0.4 is 9.47 Å². The second kappa shape index (κ2) is 7.20. The van der Waals surface area contributed by atoms with Gasteiger partial charge in [-0.3, -0.25) is 4.55 Å². The first-order valence-corrected chi connectivity index (χ1v) is 8.58. The minimum Gasteiger partial charge on any atom is -0.480 e. The average Bonchev–Trinajstić information content (AvgIpc) is 2.30. The molecule has 0 aromatic heterocycles. The number of alkyl halides is 3. The van der Waals surface area contributed by atoms with Crippen molar-refractivity contribution in [3.8, 4) is 11.5 Å². The van der Waals surface area contributed by atoms with Gasteiger partial charge in [-0.05, 0) is 44.0 Å². The van der Waals surface area contributed by atoms with E-state index in [4.69, 9.17) is 9.29 Å². The fourth-order valence-electron chi connectivity index (χ4n) is 1.35. The highest BCUT2D eigenvalue weighted by Crippen LogP contribution is 2.38. The second-order valence-corrected chi connectivity index (χ2v) is 7.10. The first-order chi connectivity index (χ1) is 9.94. The van der Waals surface area contributed by atoms with E-state index in [0.29, 0.717) is 0 Å². The van der Waals surface area contributed by atoms with E-state index in [1.165, 1.54) is 0 Å². The molecule has 0 spiro atoms. The predicted molar refractivity (Wildman–Crippen MR) is 79.6 cm³/mol. The molecule has 1 aromatic rings. The Balaban J connectivity index is 3.11. The third kappa shape index (κ3) is 5.78. The largest absolute Gasteiger partial charge is 0.480 e. The van der Waals surface area contributed by atoms with Crippen LogP contribution in [0, 0.1) is 0 Å². The van der Waals surface area contributed by atoms with Crippen LogP contribution in [0.4, 0.5) is 13.2 Å². The molecular weight excluding hydrogens is 461 g/mol. The van der Waals surface area contributed by atoms with Gasteiger partial charge in [-0.15, -0.1) is 0 Å². The summed E-state index contributed by atoms with van der Waals surface area (Å²) in [5.74, 6) is -1.64. The van der Waals surface area contributed by atoms with Crippen LogP contribution in [0.5, 0.6) is 11.5 Å². The van der Waals surface area contributed by atoms with Gasteiger partial charge in [0.15, 0.2) is 5.75 Å². The van der Waals surface area contributed by atoms with Crippen molar-refractivity contribution in [1.82, 2.24) is 0 Å². The summed E-state index contributed by atoms with van der Waals surface area (Å²) in [7, 11) is -4.87. The molecule has 1 rings (SSSR count). The Kier molecular flexibility index (Phi) is 6.30. The van der Waals surface area contributed by atoms with E-state index in [2.05, 4.69) is 43.2 Å². The Morgan fingerprint density at radius 2 is 1.82 bits per heavy atom. The molecule has 0 aliphatic carbocycles. The molecule has 0 saturated heterocycles. The molecule has 0 heterocycles. The van der Waals surface area contributed by atoms with Gasteiger partial charge in [0.05, 0.1) is 15.2 Å². The van der Waals surface area contributed by atoms with Gasteiger partial charge < -0.3 is 9.47 Å². The zero-order valence-corrected chi connectivity index (χ0v) is 14.6. The molecule has 11 heteroatoms. The number of halogens is 5. The zero-order valence-electron chi connectivity index (χ0n) is 10.6. The van der Waals surface area contributed by atoms with E-state index in [1.54, 1.807) is 0 Å². The lowest BCUT2D eigenvalue weighted by Crippen LogP contribution is -2.40. The minimum atomic E-state index is -4.98. The Morgan fingerprint density at radius 1 is 1.32 bits per heavy atom. The van der Waals surface area contributed by atoms with E-state index >= 15 is 0 Å². The minimum absolute atomic E-state index is 0.251. The molecule has 0 saturated carbocycles. The van der Waals surface area contributed by atoms with Crippen LogP contribution in [0.1, 0.15) is 0 Å². The molecule has 5 nitrogen and oxygen atoms in total. The topological polar surface area (TPSA) is 72.8 Å². The van der Waals surface area contributed by atoms with Gasteiger partial charge in [0, 0.05) is 0 Å². The summed E-state index contributed by atoms with van der Waals surface area (Å²) >= 11 is 6.14. The Hall–Kier alpha value is -0.780. The van der Waals surface area contributed by atoms with E-state index < -0.39 is 28.2 Å². The van der Waals surface area contributed by atoms with Gasteiger partial charge in [-0.1, -0.05) is 6.58 Å². The van der Waals surface area contributed by atoms with Crippen molar-refractivity contribution in [3.05, 3.63) is 33.9 Å². The third-order valence-electron chi connectivity index (χ3n) is 2.18. The van der Waals surface area contributed by atoms with Crippen LogP contribution in [-0.2, 0) is 10.1 Å². The molecule has 1 atom stereocenters. The lowest BCUT2D eigenvalue weighted by molar-refractivity contribution is -0.188. The molecule has 0 radical (unpaired) electrons. The van der Waals surface area contributed by atoms with Crippen molar-refractivity contribution in [3.63, 3.8) is 0 Å². The second-order valence-electron chi connectivity index (χ2n) is 3.90. The number of hydrogen-bond donors (Lipinski definition) is 1. The highest BCUT2D eigenvalue weighted by molar-refractivity contribution is 9.11. The van der Waals surface area contributed by atoms with Crippen molar-refractivity contribution in [2.45, 2.75) is 12.3 Å². The Morgan fingerprint density at radius 3 is 2.18 bits per heavy atom. The summed E-state index contributed by atoms with van der Waals surface area (Å²) in [6.07, 6.45) is -6.58. The van der Waals surface area contributed by atoms with Gasteiger partial charge in [0.25, 0.3) is 10.1 Å². The summed E-state index contributed by atoms with van der Waals surface area (Å²) in [4.78, 5) is 0. The van der Waals surface area contributed by atoms with Gasteiger partial charge in [0.2, 0.25) is 6.10 Å². The molecule has 0 fully saturated rings. The van der Waals surface area contributed by atoms with Gasteiger partial charge >= 0.3 is 6.18 Å². The average molecular weight is 470 g/mol. The number of benzene rings is 1. The summed E-state index contributed by atoms with van der Waals surface area (Å²) in [6.45, 7) is 3.34. The van der Waals surface area contributed by atoms with Crippen LogP contribution in [-0.4, -0.2) is 31.0 Å². The van der Waals surface area contributed by atoms with E-state index in [1.807, 2.05) is 0 Å². The number of rotatable bonds is 6. The predicted octanol–water partition coefficient (Wildman–Crippen LogP) is 3.93. The monoisotopic (exact) mass is 468 g/mol. The van der Waals surface area contributed by atoms with Gasteiger partial charge in [-0.2, -0.15) is 21.6 Å². The van der Waals surface area contributed by atoms with Crippen LogP contribution in [0.3, 0.4) is 0 Å². The van der Waals surface area contributed by atoms with Crippen molar-refractivity contribution in [1.29, 1.82) is 0 Å². The van der Waals surface area contributed by atoms with Crippen LogP contribution in [0.25, 0.3) is 0 Å². The molecule has 0 amide bonds. The summed E-state index contributed by atoms with van der Waals surface area (Å²) in [5.41, 5.74) is 0. The molecular formula is C11H9Br2F3O5S. The lowest BCUT2D eigenvalue weighted by atomic mass is 10.3. The van der Waals surface area contributed by atoms with E-state index in [-0.39, 0.29) is 20.4 Å². The molecule has 124 valence electrons. The summed E-state index contributed by atoms with van der Waals surface area (Å²) in [5, 5.41) is 0. The Labute approximate surface area is 141 Å². The number of hydrogen-bond acceptors (Lipinski definition) is 4. The van der Waals surface area contributed by atoms with Crippen molar-refractivity contribution in [2.24, 2.45) is 0 Å². The van der Waals surface area contributed by atoms with Crippen LogP contribution >= 0.6 is 31.9 Å². The van der Waals surface area contributed by atoms with Crippen LogP contribution in [0.15, 0.2) is 33.9 Å². The molecule has 0 aliphatic rings. The molecule has 1 unspecified atom stereocenters. The highest BCUT2D eigenvalue weighted by atomic mass is 79.9. The van der Waals surface area contributed by atoms with Crippen molar-refractivity contribution < 1.29 is 35.6 Å². The molecule has 0 bridgehead atoms. The number of ether oxygens (including phenoxy) is 2. The van der Waals surface area contributed by atoms with Gasteiger partial charge in [-0.25, -0.2) is 0 Å². The smallest absolute Gasteiger partial charge is 0.426 e. The SMILES string of the molecule is C=COc1c(Br)cc(OC(CS(=O)(=O)O)C(F)(F)F)cc1Br. The summed E-state index contributed by atoms with van der Waals surface area (Å²) in [6, 6.07) is 2.32. The lowest BCUT2D eigenvalue weighted by Gasteiger charge is -2.21. The molecule has 1 aromatic carbocycles. The maximum Gasteiger partial charge on any atom is 0.426 e.